The highest BCUT2D eigenvalue weighted by molar-refractivity contribution is 6.33. The minimum absolute atomic E-state index is 0.0430. The van der Waals surface area contributed by atoms with E-state index in [2.05, 4.69) is 10.2 Å². The maximum atomic E-state index is 13.6. The molecule has 5 rings (SSSR count). The lowest BCUT2D eigenvalue weighted by Crippen LogP contribution is -2.39. The van der Waals surface area contributed by atoms with Crippen molar-refractivity contribution in [3.63, 3.8) is 0 Å². The van der Waals surface area contributed by atoms with Crippen LogP contribution in [0.5, 0.6) is 0 Å². The van der Waals surface area contributed by atoms with Crippen molar-refractivity contribution in [2.45, 2.75) is 33.0 Å². The van der Waals surface area contributed by atoms with E-state index in [0.717, 1.165) is 0 Å². The van der Waals surface area contributed by atoms with E-state index in [-0.39, 0.29) is 30.5 Å². The molecule has 0 saturated carbocycles. The van der Waals surface area contributed by atoms with Gasteiger partial charge in [0.25, 0.3) is 0 Å². The molecule has 2 aromatic heterocycles. The molecule has 176 valence electrons. The van der Waals surface area contributed by atoms with Crippen LogP contribution in [0.15, 0.2) is 82.0 Å². The van der Waals surface area contributed by atoms with E-state index >= 15 is 0 Å². The van der Waals surface area contributed by atoms with E-state index in [1.165, 1.54) is 0 Å². The summed E-state index contributed by atoms with van der Waals surface area (Å²) in [6.07, 6.45) is 0. The minimum Gasteiger partial charge on any atom is -0.419 e. The number of hydrogen-bond acceptors (Lipinski definition) is 5. The molecule has 0 radical (unpaired) electrons. The quantitative estimate of drug-likeness (QED) is 0.304. The van der Waals surface area contributed by atoms with Gasteiger partial charge in [-0.2, -0.15) is 0 Å². The smallest absolute Gasteiger partial charge is 0.249 e. The third-order valence-corrected chi connectivity index (χ3v) is 6.32. The molecule has 35 heavy (non-hydrogen) atoms. The lowest BCUT2D eigenvalue weighted by atomic mass is 10.1. The van der Waals surface area contributed by atoms with Crippen molar-refractivity contribution in [2.24, 2.45) is 0 Å². The average Bonchev–Trinajstić information content (AvgIpc) is 3.33. The number of rotatable bonds is 6. The van der Waals surface area contributed by atoms with Crippen LogP contribution < -0.4 is 5.43 Å². The van der Waals surface area contributed by atoms with Crippen molar-refractivity contribution in [3.05, 3.63) is 93.9 Å². The fourth-order valence-corrected chi connectivity index (χ4v) is 4.46. The molecule has 1 amide bonds. The molecule has 7 nitrogen and oxygen atoms in total. The largest absolute Gasteiger partial charge is 0.419 e. The number of benzene rings is 3. The van der Waals surface area contributed by atoms with Gasteiger partial charge in [0.2, 0.25) is 17.7 Å². The Morgan fingerprint density at radius 1 is 0.943 bits per heavy atom. The monoisotopic (exact) mass is 486 g/mol. The summed E-state index contributed by atoms with van der Waals surface area (Å²) in [5.74, 6) is 0.493. The van der Waals surface area contributed by atoms with Gasteiger partial charge in [0.1, 0.15) is 6.54 Å². The molecule has 0 unspecified atom stereocenters. The van der Waals surface area contributed by atoms with Crippen LogP contribution in [0.2, 0.25) is 5.02 Å². The fourth-order valence-electron chi connectivity index (χ4n) is 4.24. The Bertz CT molecular complexity index is 1550. The van der Waals surface area contributed by atoms with E-state index < -0.39 is 0 Å². The first-order valence-electron chi connectivity index (χ1n) is 11.3. The highest BCUT2D eigenvalue weighted by atomic mass is 35.5. The summed E-state index contributed by atoms with van der Waals surface area (Å²) in [5.41, 5.74) is 2.03. The zero-order valence-electron chi connectivity index (χ0n) is 19.3. The number of carbonyl (C=O) groups excluding carboxylic acids is 1. The van der Waals surface area contributed by atoms with Crippen molar-refractivity contribution in [2.75, 3.05) is 0 Å². The summed E-state index contributed by atoms with van der Waals surface area (Å²) in [6.45, 7) is 4.09. The molecule has 0 bridgehead atoms. The topological polar surface area (TPSA) is 81.2 Å². The molecular weight excluding hydrogens is 464 g/mol. The molecule has 0 aliphatic heterocycles. The Morgan fingerprint density at radius 2 is 1.54 bits per heavy atom. The normalized spacial score (nSPS) is 11.4. The molecule has 0 atom stereocenters. The van der Waals surface area contributed by atoms with E-state index in [0.29, 0.717) is 44.2 Å². The molecule has 0 spiro atoms. The van der Waals surface area contributed by atoms with Gasteiger partial charge in [-0.25, -0.2) is 0 Å². The summed E-state index contributed by atoms with van der Waals surface area (Å²) in [7, 11) is 0. The predicted molar refractivity (Wildman–Crippen MR) is 136 cm³/mol. The first-order chi connectivity index (χ1) is 16.9. The van der Waals surface area contributed by atoms with Crippen molar-refractivity contribution in [3.8, 4) is 11.5 Å². The van der Waals surface area contributed by atoms with E-state index in [1.807, 2.05) is 66.9 Å². The first kappa shape index (κ1) is 22.8. The number of nitrogens with zero attached hydrogens (tertiary/aromatic N) is 4. The number of fused-ring (bicyclic) bond motifs is 2. The van der Waals surface area contributed by atoms with Crippen LogP contribution in [0.4, 0.5) is 0 Å². The van der Waals surface area contributed by atoms with Gasteiger partial charge < -0.3 is 13.9 Å². The minimum atomic E-state index is -0.128. The van der Waals surface area contributed by atoms with E-state index in [9.17, 15) is 9.59 Å². The van der Waals surface area contributed by atoms with Crippen LogP contribution in [0.25, 0.3) is 33.3 Å². The maximum absolute atomic E-state index is 13.6. The number of hydrogen-bond donors (Lipinski definition) is 0. The van der Waals surface area contributed by atoms with E-state index in [1.54, 1.807) is 29.2 Å². The van der Waals surface area contributed by atoms with Gasteiger partial charge in [-0.05, 0) is 50.2 Å². The lowest BCUT2D eigenvalue weighted by molar-refractivity contribution is -0.134. The predicted octanol–water partition coefficient (Wildman–Crippen LogP) is 5.30. The molecule has 0 aliphatic carbocycles. The Morgan fingerprint density at radius 3 is 2.17 bits per heavy atom. The Balaban J connectivity index is 1.48. The second-order valence-corrected chi connectivity index (χ2v) is 8.95. The van der Waals surface area contributed by atoms with Crippen molar-refractivity contribution < 1.29 is 9.21 Å². The summed E-state index contributed by atoms with van der Waals surface area (Å²) in [5, 5.41) is 9.93. The second-order valence-electron chi connectivity index (χ2n) is 8.55. The molecule has 8 heteroatoms. The number of carbonyl (C=O) groups is 1. The number of halogens is 1. The molecule has 5 aromatic rings. The van der Waals surface area contributed by atoms with Gasteiger partial charge in [0.05, 0.1) is 28.2 Å². The Labute approximate surface area is 206 Å². The van der Waals surface area contributed by atoms with Gasteiger partial charge in [-0.1, -0.05) is 48.0 Å². The van der Waals surface area contributed by atoms with Crippen LogP contribution in [0.1, 0.15) is 19.7 Å². The number of amides is 1. The maximum Gasteiger partial charge on any atom is 0.249 e. The molecule has 2 heterocycles. The van der Waals surface area contributed by atoms with Crippen LogP contribution in [-0.4, -0.2) is 31.6 Å². The third kappa shape index (κ3) is 4.31. The summed E-state index contributed by atoms with van der Waals surface area (Å²) in [4.78, 5) is 28.3. The zero-order valence-corrected chi connectivity index (χ0v) is 20.1. The van der Waals surface area contributed by atoms with Crippen LogP contribution in [0.3, 0.4) is 0 Å². The molecule has 0 aliphatic rings. The molecular formula is C27H23ClN4O3. The number of pyridine rings is 1. The lowest BCUT2D eigenvalue weighted by Gasteiger charge is -2.26. The van der Waals surface area contributed by atoms with Gasteiger partial charge in [0, 0.05) is 16.8 Å². The SMILES string of the molecule is CC(C)N(Cc1nnc(-c2ccccc2Cl)o1)C(=O)Cn1c2ccccc2c(=O)c2ccccc21. The van der Waals surface area contributed by atoms with Crippen LogP contribution in [0, 0.1) is 0 Å². The molecule has 0 fully saturated rings. The number of para-hydroxylation sites is 2. The standard InChI is InChI=1S/C27H23ClN4O3/c1-17(2)31(15-24-29-30-27(35-24)18-9-3-6-12-21(18)28)25(33)16-32-22-13-7-4-10-19(22)26(34)20-11-5-8-14-23(20)32/h3-14,17H,15-16H2,1-2H3. The molecule has 3 aromatic carbocycles. The third-order valence-electron chi connectivity index (χ3n) is 5.99. The Hall–Kier alpha value is -3.97. The van der Waals surface area contributed by atoms with E-state index in [4.69, 9.17) is 16.0 Å². The second kappa shape index (κ2) is 9.35. The van der Waals surface area contributed by atoms with Gasteiger partial charge in [-0.15, -0.1) is 10.2 Å². The zero-order chi connectivity index (χ0) is 24.5. The van der Waals surface area contributed by atoms with Crippen LogP contribution >= 0.6 is 11.6 Å². The molecule has 0 saturated heterocycles. The highest BCUT2D eigenvalue weighted by Gasteiger charge is 2.23. The van der Waals surface area contributed by atoms with Gasteiger partial charge in [-0.3, -0.25) is 9.59 Å². The Kier molecular flexibility index (Phi) is 6.09. The van der Waals surface area contributed by atoms with Crippen molar-refractivity contribution in [1.82, 2.24) is 19.7 Å². The highest BCUT2D eigenvalue weighted by Crippen LogP contribution is 2.27. The van der Waals surface area contributed by atoms with Crippen LogP contribution in [-0.2, 0) is 17.9 Å². The van der Waals surface area contributed by atoms with Crippen molar-refractivity contribution >= 4 is 39.3 Å². The summed E-state index contributed by atoms with van der Waals surface area (Å²) < 4.78 is 7.73. The fraction of sp³-hybridized carbons (Fsp3) is 0.185. The summed E-state index contributed by atoms with van der Waals surface area (Å²) >= 11 is 6.25. The first-order valence-corrected chi connectivity index (χ1v) is 11.7. The van der Waals surface area contributed by atoms with Gasteiger partial charge in [0.15, 0.2) is 5.43 Å². The molecule has 0 N–H and O–H groups in total. The summed E-state index contributed by atoms with van der Waals surface area (Å²) in [6, 6.07) is 21.8. The van der Waals surface area contributed by atoms with Gasteiger partial charge >= 0.3 is 0 Å². The number of aromatic nitrogens is 3. The average molecular weight is 487 g/mol. The van der Waals surface area contributed by atoms with Crippen molar-refractivity contribution in [1.29, 1.82) is 0 Å².